The van der Waals surface area contributed by atoms with Crippen LogP contribution in [0.4, 0.5) is 5.69 Å². The van der Waals surface area contributed by atoms with Crippen LogP contribution in [0.1, 0.15) is 13.8 Å². The fourth-order valence-electron chi connectivity index (χ4n) is 1.55. The third-order valence-corrected chi connectivity index (χ3v) is 2.49. The molecule has 1 aromatic carbocycles. The Morgan fingerprint density at radius 3 is 2.29 bits per heavy atom. The predicted octanol–water partition coefficient (Wildman–Crippen LogP) is 0.701. The van der Waals surface area contributed by atoms with Gasteiger partial charge in [-0.15, -0.1) is 0 Å². The Labute approximate surface area is 122 Å². The van der Waals surface area contributed by atoms with E-state index in [1.807, 2.05) is 0 Å². The van der Waals surface area contributed by atoms with E-state index in [2.05, 4.69) is 10.6 Å². The van der Waals surface area contributed by atoms with Gasteiger partial charge in [0.25, 0.3) is 5.91 Å². The molecule has 2 amide bonds. The predicted molar refractivity (Wildman–Crippen MR) is 75.9 cm³/mol. The van der Waals surface area contributed by atoms with Crippen LogP contribution in [-0.2, 0) is 19.1 Å². The molecule has 21 heavy (non-hydrogen) atoms. The average Bonchev–Trinajstić information content (AvgIpc) is 2.45. The summed E-state index contributed by atoms with van der Waals surface area (Å²) in [7, 11) is 1.53. The lowest BCUT2D eigenvalue weighted by atomic mass is 10.2. The largest absolute Gasteiger partial charge is 0.497 e. The summed E-state index contributed by atoms with van der Waals surface area (Å²) in [5.41, 5.74) is 0.473. The minimum absolute atomic E-state index is 0.116. The summed E-state index contributed by atoms with van der Waals surface area (Å²) in [6.07, 6.45) is 0. The van der Waals surface area contributed by atoms with E-state index in [-0.39, 0.29) is 6.61 Å². The normalized spacial score (nSPS) is 11.2. The van der Waals surface area contributed by atoms with Gasteiger partial charge in [-0.2, -0.15) is 0 Å². The van der Waals surface area contributed by atoms with Gasteiger partial charge >= 0.3 is 5.97 Å². The van der Waals surface area contributed by atoms with Crippen molar-refractivity contribution in [3.8, 4) is 5.75 Å². The van der Waals surface area contributed by atoms with E-state index in [9.17, 15) is 14.4 Å². The first-order valence-electron chi connectivity index (χ1n) is 6.36. The molecule has 0 radical (unpaired) electrons. The molecule has 7 heteroatoms. The molecule has 0 aliphatic rings. The lowest BCUT2D eigenvalue weighted by Gasteiger charge is -2.16. The number of rotatable bonds is 6. The molecule has 0 heterocycles. The average molecular weight is 294 g/mol. The Bertz CT molecular complexity index is 513. The van der Waals surface area contributed by atoms with Gasteiger partial charge < -0.3 is 20.1 Å². The summed E-state index contributed by atoms with van der Waals surface area (Å²) < 4.78 is 9.77. The molecule has 1 rings (SSSR count). The van der Waals surface area contributed by atoms with Gasteiger partial charge in [-0.05, 0) is 31.2 Å². The van der Waals surface area contributed by atoms with Crippen molar-refractivity contribution in [1.29, 1.82) is 0 Å². The zero-order chi connectivity index (χ0) is 15.8. The minimum atomic E-state index is -1.38. The highest BCUT2D eigenvalue weighted by Crippen LogP contribution is 2.15. The number of esters is 1. The van der Waals surface area contributed by atoms with Crippen molar-refractivity contribution < 1.29 is 23.9 Å². The maximum absolute atomic E-state index is 12.1. The first-order valence-corrected chi connectivity index (χ1v) is 6.36. The second kappa shape index (κ2) is 7.88. The Kier molecular flexibility index (Phi) is 6.19. The Morgan fingerprint density at radius 1 is 1.19 bits per heavy atom. The molecule has 1 aromatic rings. The van der Waals surface area contributed by atoms with Gasteiger partial charge in [0.2, 0.25) is 11.9 Å². The highest BCUT2D eigenvalue weighted by Gasteiger charge is 2.28. The van der Waals surface area contributed by atoms with Crippen molar-refractivity contribution in [2.45, 2.75) is 19.9 Å². The van der Waals surface area contributed by atoms with Gasteiger partial charge in [-0.3, -0.25) is 9.59 Å². The summed E-state index contributed by atoms with van der Waals surface area (Å²) in [6.45, 7) is 2.95. The Morgan fingerprint density at radius 2 is 1.81 bits per heavy atom. The fraction of sp³-hybridized carbons (Fsp3) is 0.357. The van der Waals surface area contributed by atoms with E-state index in [0.717, 1.165) is 0 Å². The molecule has 0 aliphatic carbocycles. The van der Waals surface area contributed by atoms with Crippen molar-refractivity contribution in [2.75, 3.05) is 19.0 Å². The SMILES string of the molecule is CCOC(=O)[C@H](NC(C)=O)C(=O)Nc1ccc(OC)cc1. The van der Waals surface area contributed by atoms with Crippen LogP contribution in [0.3, 0.4) is 0 Å². The van der Waals surface area contributed by atoms with Crippen molar-refractivity contribution >= 4 is 23.5 Å². The van der Waals surface area contributed by atoms with Gasteiger partial charge in [0.05, 0.1) is 13.7 Å². The summed E-state index contributed by atoms with van der Waals surface area (Å²) >= 11 is 0. The van der Waals surface area contributed by atoms with E-state index in [1.54, 1.807) is 31.2 Å². The molecule has 1 atom stereocenters. The number of ether oxygens (including phenoxy) is 2. The van der Waals surface area contributed by atoms with Crippen molar-refractivity contribution in [3.63, 3.8) is 0 Å². The molecule has 7 nitrogen and oxygen atoms in total. The van der Waals surface area contributed by atoms with E-state index < -0.39 is 23.8 Å². The second-order valence-corrected chi connectivity index (χ2v) is 4.10. The lowest BCUT2D eigenvalue weighted by Crippen LogP contribution is -2.49. The molecule has 0 fully saturated rings. The number of amides is 2. The van der Waals surface area contributed by atoms with E-state index in [0.29, 0.717) is 11.4 Å². The van der Waals surface area contributed by atoms with E-state index in [1.165, 1.54) is 14.0 Å². The topological polar surface area (TPSA) is 93.7 Å². The molecule has 114 valence electrons. The summed E-state index contributed by atoms with van der Waals surface area (Å²) in [5, 5.41) is 4.78. The molecular weight excluding hydrogens is 276 g/mol. The van der Waals surface area contributed by atoms with Gasteiger partial charge in [0, 0.05) is 12.6 Å². The number of hydrogen-bond acceptors (Lipinski definition) is 5. The van der Waals surface area contributed by atoms with E-state index in [4.69, 9.17) is 9.47 Å². The molecule has 0 spiro atoms. The zero-order valence-electron chi connectivity index (χ0n) is 12.1. The fourth-order valence-corrected chi connectivity index (χ4v) is 1.55. The van der Waals surface area contributed by atoms with Gasteiger partial charge in [0.15, 0.2) is 0 Å². The Hall–Kier alpha value is -2.57. The molecule has 2 N–H and O–H groups in total. The third kappa shape index (κ3) is 5.13. The lowest BCUT2D eigenvalue weighted by molar-refractivity contribution is -0.149. The molecule has 0 bridgehead atoms. The molecule has 0 saturated carbocycles. The van der Waals surface area contributed by atoms with Crippen LogP contribution < -0.4 is 15.4 Å². The molecule has 0 saturated heterocycles. The van der Waals surface area contributed by atoms with E-state index >= 15 is 0 Å². The first-order chi connectivity index (χ1) is 9.97. The third-order valence-electron chi connectivity index (χ3n) is 2.49. The van der Waals surface area contributed by atoms with Crippen LogP contribution in [0.2, 0.25) is 0 Å². The quantitative estimate of drug-likeness (QED) is 0.595. The maximum Gasteiger partial charge on any atom is 0.338 e. The first kappa shape index (κ1) is 16.5. The zero-order valence-corrected chi connectivity index (χ0v) is 12.1. The Balaban J connectivity index is 2.79. The number of carbonyl (C=O) groups excluding carboxylic acids is 3. The number of nitrogens with one attached hydrogen (secondary N) is 2. The molecule has 0 unspecified atom stereocenters. The van der Waals surface area contributed by atoms with Crippen LogP contribution in [-0.4, -0.2) is 37.5 Å². The second-order valence-electron chi connectivity index (χ2n) is 4.10. The maximum atomic E-state index is 12.1. The van der Waals surface area contributed by atoms with Gasteiger partial charge in [-0.25, -0.2) is 4.79 Å². The number of methoxy groups -OCH3 is 1. The number of hydrogen-bond donors (Lipinski definition) is 2. The van der Waals surface area contributed by atoms with Crippen molar-refractivity contribution in [2.24, 2.45) is 0 Å². The highest BCUT2D eigenvalue weighted by atomic mass is 16.5. The standard InChI is InChI=1S/C14H18N2O5/c1-4-21-14(19)12(15-9(2)17)13(18)16-10-5-7-11(20-3)8-6-10/h5-8,12H,4H2,1-3H3,(H,15,17)(H,16,18)/t12-/m1/s1. The highest BCUT2D eigenvalue weighted by molar-refractivity contribution is 6.10. The van der Waals surface area contributed by atoms with Crippen LogP contribution in [0.25, 0.3) is 0 Å². The van der Waals surface area contributed by atoms with Crippen molar-refractivity contribution in [3.05, 3.63) is 24.3 Å². The summed E-state index contributed by atoms with van der Waals surface area (Å²) in [5.74, 6) is -1.35. The molecule has 0 aliphatic heterocycles. The van der Waals surface area contributed by atoms with Crippen LogP contribution in [0, 0.1) is 0 Å². The number of carbonyl (C=O) groups is 3. The summed E-state index contributed by atoms with van der Waals surface area (Å²) in [6, 6.07) is 5.17. The minimum Gasteiger partial charge on any atom is -0.497 e. The van der Waals surface area contributed by atoms with Gasteiger partial charge in [-0.1, -0.05) is 0 Å². The monoisotopic (exact) mass is 294 g/mol. The number of benzene rings is 1. The van der Waals surface area contributed by atoms with Crippen molar-refractivity contribution in [1.82, 2.24) is 5.32 Å². The van der Waals surface area contributed by atoms with Crippen LogP contribution >= 0.6 is 0 Å². The smallest absolute Gasteiger partial charge is 0.338 e. The van der Waals surface area contributed by atoms with Crippen LogP contribution in [0.15, 0.2) is 24.3 Å². The molecular formula is C14H18N2O5. The number of anilines is 1. The van der Waals surface area contributed by atoms with Gasteiger partial charge in [0.1, 0.15) is 5.75 Å². The molecule has 0 aromatic heterocycles. The summed E-state index contributed by atoms with van der Waals surface area (Å²) in [4.78, 5) is 34.8. The van der Waals surface area contributed by atoms with Crippen LogP contribution in [0.5, 0.6) is 5.75 Å².